The third kappa shape index (κ3) is 8.47. The Labute approximate surface area is 138 Å². The van der Waals surface area contributed by atoms with Crippen LogP contribution in [0.1, 0.15) is 13.8 Å². The van der Waals surface area contributed by atoms with Crippen molar-refractivity contribution in [3.63, 3.8) is 0 Å². The zero-order valence-corrected chi connectivity index (χ0v) is 13.5. The number of hydrogen-bond donors (Lipinski definition) is 2. The maximum Gasteiger partial charge on any atom is 0.331 e. The molecule has 0 bridgehead atoms. The zero-order chi connectivity index (χ0) is 17.2. The van der Waals surface area contributed by atoms with Gasteiger partial charge >= 0.3 is 5.97 Å². The SMILES string of the molecule is CC(C)=CC(=O)OCC(=O)NNC(=O)COc1ccc(Cl)cc1. The summed E-state index contributed by atoms with van der Waals surface area (Å²) in [6.45, 7) is 2.66. The average molecular weight is 341 g/mol. The van der Waals surface area contributed by atoms with Crippen LogP contribution < -0.4 is 15.6 Å². The number of halogens is 1. The number of carbonyl (C=O) groups is 3. The molecule has 0 heterocycles. The summed E-state index contributed by atoms with van der Waals surface area (Å²) in [5.41, 5.74) is 4.98. The molecule has 1 aromatic rings. The zero-order valence-electron chi connectivity index (χ0n) is 12.7. The van der Waals surface area contributed by atoms with Gasteiger partial charge in [-0.2, -0.15) is 0 Å². The molecular weight excluding hydrogens is 324 g/mol. The first kappa shape index (κ1) is 18.5. The van der Waals surface area contributed by atoms with Crippen molar-refractivity contribution < 1.29 is 23.9 Å². The summed E-state index contributed by atoms with van der Waals surface area (Å²) in [5, 5.41) is 0.553. The van der Waals surface area contributed by atoms with Gasteiger partial charge in [0.05, 0.1) is 0 Å². The number of amides is 2. The number of hydrazine groups is 1. The van der Waals surface area contributed by atoms with E-state index in [0.29, 0.717) is 10.8 Å². The van der Waals surface area contributed by atoms with Gasteiger partial charge in [0.2, 0.25) is 0 Å². The van der Waals surface area contributed by atoms with Crippen molar-refractivity contribution >= 4 is 29.4 Å². The van der Waals surface area contributed by atoms with Gasteiger partial charge < -0.3 is 9.47 Å². The van der Waals surface area contributed by atoms with Gasteiger partial charge in [0, 0.05) is 11.1 Å². The number of nitrogens with one attached hydrogen (secondary N) is 2. The Morgan fingerprint density at radius 1 is 1.04 bits per heavy atom. The molecular formula is C15H17ClN2O5. The van der Waals surface area contributed by atoms with Crippen LogP contribution in [0.2, 0.25) is 5.02 Å². The number of carbonyl (C=O) groups excluding carboxylic acids is 3. The Morgan fingerprint density at radius 3 is 2.17 bits per heavy atom. The second kappa shape index (κ2) is 9.47. The van der Waals surface area contributed by atoms with Gasteiger partial charge in [-0.1, -0.05) is 17.2 Å². The Hall–Kier alpha value is -2.54. The highest BCUT2D eigenvalue weighted by molar-refractivity contribution is 6.30. The minimum atomic E-state index is -0.666. The van der Waals surface area contributed by atoms with Crippen molar-refractivity contribution in [1.29, 1.82) is 0 Å². The van der Waals surface area contributed by atoms with Crippen LogP contribution in [0.5, 0.6) is 5.75 Å². The minimum Gasteiger partial charge on any atom is -0.484 e. The van der Waals surface area contributed by atoms with Gasteiger partial charge in [0.25, 0.3) is 11.8 Å². The van der Waals surface area contributed by atoms with Crippen molar-refractivity contribution in [1.82, 2.24) is 10.9 Å². The normalized spacial score (nSPS) is 9.52. The van der Waals surface area contributed by atoms with E-state index in [9.17, 15) is 14.4 Å². The molecule has 0 aliphatic heterocycles. The van der Waals surface area contributed by atoms with Gasteiger partial charge in [-0.15, -0.1) is 0 Å². The maximum atomic E-state index is 11.5. The second-order valence-electron chi connectivity index (χ2n) is 4.67. The quantitative estimate of drug-likeness (QED) is 0.463. The van der Waals surface area contributed by atoms with Crippen LogP contribution in [0.3, 0.4) is 0 Å². The third-order valence-electron chi connectivity index (χ3n) is 2.28. The highest BCUT2D eigenvalue weighted by Gasteiger charge is 2.08. The largest absolute Gasteiger partial charge is 0.484 e. The molecule has 0 spiro atoms. The molecule has 2 amide bonds. The van der Waals surface area contributed by atoms with Crippen LogP contribution in [0.4, 0.5) is 0 Å². The number of rotatable bonds is 6. The highest BCUT2D eigenvalue weighted by atomic mass is 35.5. The van der Waals surface area contributed by atoms with E-state index in [2.05, 4.69) is 15.6 Å². The lowest BCUT2D eigenvalue weighted by Crippen LogP contribution is -2.45. The number of esters is 1. The molecule has 0 saturated carbocycles. The lowest BCUT2D eigenvalue weighted by atomic mass is 10.3. The summed E-state index contributed by atoms with van der Waals surface area (Å²) in [6.07, 6.45) is 1.26. The molecule has 0 atom stereocenters. The van der Waals surface area contributed by atoms with Crippen LogP contribution >= 0.6 is 11.6 Å². The number of allylic oxidation sites excluding steroid dienone is 1. The minimum absolute atomic E-state index is 0.292. The van der Waals surface area contributed by atoms with Crippen LogP contribution in [-0.2, 0) is 19.1 Å². The lowest BCUT2D eigenvalue weighted by Gasteiger charge is -2.09. The standard InChI is InChI=1S/C15H17ClN2O5/c1-10(2)7-15(21)23-9-14(20)18-17-13(19)8-22-12-5-3-11(16)4-6-12/h3-7H,8-9H2,1-2H3,(H,17,19)(H,18,20). The van der Waals surface area contributed by atoms with Crippen molar-refractivity contribution in [2.24, 2.45) is 0 Å². The molecule has 0 aliphatic rings. The molecule has 0 unspecified atom stereocenters. The van der Waals surface area contributed by atoms with E-state index in [1.165, 1.54) is 6.08 Å². The first-order valence-electron chi connectivity index (χ1n) is 6.64. The van der Waals surface area contributed by atoms with E-state index in [0.717, 1.165) is 5.57 Å². The van der Waals surface area contributed by atoms with E-state index < -0.39 is 24.4 Å². The van der Waals surface area contributed by atoms with Crippen molar-refractivity contribution in [2.45, 2.75) is 13.8 Å². The summed E-state index contributed by atoms with van der Waals surface area (Å²) >= 11 is 5.72. The van der Waals surface area contributed by atoms with E-state index in [1.54, 1.807) is 38.1 Å². The molecule has 124 valence electrons. The monoisotopic (exact) mass is 340 g/mol. The van der Waals surface area contributed by atoms with Crippen molar-refractivity contribution in [2.75, 3.05) is 13.2 Å². The van der Waals surface area contributed by atoms with Gasteiger partial charge in [0.15, 0.2) is 13.2 Å². The Kier molecular flexibility index (Phi) is 7.62. The van der Waals surface area contributed by atoms with Crippen molar-refractivity contribution in [3.8, 4) is 5.75 Å². The number of ether oxygens (including phenoxy) is 2. The van der Waals surface area contributed by atoms with Gasteiger partial charge in [-0.25, -0.2) is 4.79 Å². The fourth-order valence-corrected chi connectivity index (χ4v) is 1.43. The van der Waals surface area contributed by atoms with E-state index in [-0.39, 0.29) is 6.61 Å². The smallest absolute Gasteiger partial charge is 0.331 e. The van der Waals surface area contributed by atoms with Crippen LogP contribution in [0.15, 0.2) is 35.9 Å². The number of benzene rings is 1. The molecule has 0 radical (unpaired) electrons. The summed E-state index contributed by atoms with van der Waals surface area (Å²) in [4.78, 5) is 34.0. The molecule has 0 aliphatic carbocycles. The maximum absolute atomic E-state index is 11.5. The molecule has 23 heavy (non-hydrogen) atoms. The molecule has 1 rings (SSSR count). The highest BCUT2D eigenvalue weighted by Crippen LogP contribution is 2.15. The topological polar surface area (TPSA) is 93.7 Å². The summed E-state index contributed by atoms with van der Waals surface area (Å²) in [7, 11) is 0. The van der Waals surface area contributed by atoms with Gasteiger partial charge in [0.1, 0.15) is 5.75 Å². The van der Waals surface area contributed by atoms with Crippen LogP contribution in [0.25, 0.3) is 0 Å². The molecule has 8 heteroatoms. The first-order chi connectivity index (χ1) is 10.9. The predicted molar refractivity (Wildman–Crippen MR) is 83.6 cm³/mol. The molecule has 0 aromatic heterocycles. The van der Waals surface area contributed by atoms with Gasteiger partial charge in [-0.3, -0.25) is 20.4 Å². The van der Waals surface area contributed by atoms with E-state index >= 15 is 0 Å². The second-order valence-corrected chi connectivity index (χ2v) is 5.10. The lowest BCUT2D eigenvalue weighted by molar-refractivity contribution is -0.144. The van der Waals surface area contributed by atoms with Crippen LogP contribution in [0, 0.1) is 0 Å². The Bertz CT molecular complexity index is 594. The average Bonchev–Trinajstić information content (AvgIpc) is 2.49. The molecule has 1 aromatic carbocycles. The number of hydrogen-bond acceptors (Lipinski definition) is 5. The van der Waals surface area contributed by atoms with E-state index in [1.807, 2.05) is 0 Å². The van der Waals surface area contributed by atoms with Crippen LogP contribution in [-0.4, -0.2) is 31.0 Å². The summed E-state index contributed by atoms with van der Waals surface area (Å²) in [6, 6.07) is 6.46. The molecule has 2 N–H and O–H groups in total. The third-order valence-corrected chi connectivity index (χ3v) is 2.53. The Balaban J connectivity index is 2.22. The fraction of sp³-hybridized carbons (Fsp3) is 0.267. The first-order valence-corrected chi connectivity index (χ1v) is 7.02. The molecule has 0 fully saturated rings. The van der Waals surface area contributed by atoms with E-state index in [4.69, 9.17) is 16.3 Å². The van der Waals surface area contributed by atoms with Gasteiger partial charge in [-0.05, 0) is 38.1 Å². The summed E-state index contributed by atoms with van der Waals surface area (Å²) < 4.78 is 9.85. The molecule has 0 saturated heterocycles. The predicted octanol–water partition coefficient (Wildman–Crippen LogP) is 1.38. The Morgan fingerprint density at radius 2 is 1.61 bits per heavy atom. The van der Waals surface area contributed by atoms with Crippen molar-refractivity contribution in [3.05, 3.63) is 40.9 Å². The summed E-state index contributed by atoms with van der Waals surface area (Å²) in [5.74, 6) is -1.40. The molecule has 7 nitrogen and oxygen atoms in total. The fourth-order valence-electron chi connectivity index (χ4n) is 1.31.